The van der Waals surface area contributed by atoms with Gasteiger partial charge in [-0.3, -0.25) is 4.79 Å². The monoisotopic (exact) mass is 372 g/mol. The van der Waals surface area contributed by atoms with Gasteiger partial charge in [0.25, 0.3) is 0 Å². The van der Waals surface area contributed by atoms with Gasteiger partial charge < -0.3 is 20.2 Å². The molecule has 25 heavy (non-hydrogen) atoms. The molecule has 0 saturated heterocycles. The molecule has 1 rings (SSSR count). The van der Waals surface area contributed by atoms with Crippen LogP contribution in [0.25, 0.3) is 0 Å². The number of nitrogens with zero attached hydrogens (tertiary/aromatic N) is 2. The summed E-state index contributed by atoms with van der Waals surface area (Å²) in [6.07, 6.45) is 0.395. The number of nitrogens with two attached hydrogens (primary N) is 1. The van der Waals surface area contributed by atoms with Crippen LogP contribution in [0.2, 0.25) is 0 Å². The van der Waals surface area contributed by atoms with Crippen molar-refractivity contribution >= 4 is 27.7 Å². The van der Waals surface area contributed by atoms with Gasteiger partial charge in [0, 0.05) is 45.8 Å². The molecule has 0 spiro atoms. The highest BCUT2D eigenvalue weighted by Crippen LogP contribution is 2.15. The minimum Gasteiger partial charge on any atom is -0.481 e. The molecule has 0 radical (unpaired) electrons. The second-order valence-corrected chi connectivity index (χ2v) is 7.17. The van der Waals surface area contributed by atoms with E-state index in [4.69, 9.17) is 10.2 Å². The minimum atomic E-state index is -3.72. The maximum atomic E-state index is 11.9. The average Bonchev–Trinajstić information content (AvgIpc) is 2.55. The smallest absolute Gasteiger partial charge is 0.317 e. The van der Waals surface area contributed by atoms with E-state index in [0.29, 0.717) is 26.1 Å². The predicted molar refractivity (Wildman–Crippen MR) is 94.0 cm³/mol. The van der Waals surface area contributed by atoms with E-state index in [0.717, 1.165) is 5.69 Å². The number of carboxylic acids is 1. The lowest BCUT2D eigenvalue weighted by molar-refractivity contribution is -0.137. The maximum Gasteiger partial charge on any atom is 0.317 e. The summed E-state index contributed by atoms with van der Waals surface area (Å²) in [6.45, 7) is 1.28. The molecule has 10 heteroatoms. The topological polar surface area (TPSA) is 133 Å². The van der Waals surface area contributed by atoms with E-state index < -0.39 is 16.0 Å². The highest BCUT2D eigenvalue weighted by Gasteiger charge is 2.11. The summed E-state index contributed by atoms with van der Waals surface area (Å²) in [5.41, 5.74) is 0.794. The maximum absolute atomic E-state index is 11.9. The van der Waals surface area contributed by atoms with Crippen LogP contribution in [-0.4, -0.2) is 64.2 Å². The van der Waals surface area contributed by atoms with Gasteiger partial charge in [0.1, 0.15) is 0 Å². The zero-order chi connectivity index (χ0) is 19.0. The van der Waals surface area contributed by atoms with Crippen molar-refractivity contribution in [3.05, 3.63) is 24.3 Å². The number of hydrogen-bond donors (Lipinski definition) is 3. The number of sulfonamides is 1. The molecule has 0 aliphatic carbocycles. The predicted octanol–water partition coefficient (Wildman–Crippen LogP) is 0.276. The van der Waals surface area contributed by atoms with Gasteiger partial charge >= 0.3 is 12.0 Å². The minimum absolute atomic E-state index is 0.0151. The summed E-state index contributed by atoms with van der Waals surface area (Å²) in [6, 6.07) is 5.88. The summed E-state index contributed by atoms with van der Waals surface area (Å²) in [4.78, 5) is 25.7. The number of rotatable bonds is 9. The number of amides is 2. The van der Waals surface area contributed by atoms with Gasteiger partial charge in [0.15, 0.2) is 0 Å². The van der Waals surface area contributed by atoms with E-state index >= 15 is 0 Å². The first-order valence-corrected chi connectivity index (χ1v) is 9.20. The number of carbonyl (C=O) groups is 2. The SMILES string of the molecule is CN(CCN(C)c1ccc(S(N)(=O)=O)cc1)C(=O)NCCCC(=O)O. The number of carboxylic acid groups (broad SMARTS) is 1. The zero-order valence-electron chi connectivity index (χ0n) is 14.3. The number of urea groups is 1. The van der Waals surface area contributed by atoms with Crippen LogP contribution in [-0.2, 0) is 14.8 Å². The lowest BCUT2D eigenvalue weighted by Gasteiger charge is -2.24. The van der Waals surface area contributed by atoms with Crippen LogP contribution in [0.1, 0.15) is 12.8 Å². The number of primary sulfonamides is 1. The van der Waals surface area contributed by atoms with Gasteiger partial charge in [-0.1, -0.05) is 0 Å². The van der Waals surface area contributed by atoms with Gasteiger partial charge in [0.2, 0.25) is 10.0 Å². The van der Waals surface area contributed by atoms with Crippen LogP contribution in [0, 0.1) is 0 Å². The fourth-order valence-electron chi connectivity index (χ4n) is 1.99. The molecule has 1 aromatic rings. The average molecular weight is 372 g/mol. The number of benzene rings is 1. The number of likely N-dealkylation sites (N-methyl/N-ethyl adjacent to an activating group) is 2. The van der Waals surface area contributed by atoms with Gasteiger partial charge in [0.05, 0.1) is 4.90 Å². The van der Waals surface area contributed by atoms with E-state index in [1.165, 1.54) is 17.0 Å². The van der Waals surface area contributed by atoms with Crippen molar-refractivity contribution in [1.82, 2.24) is 10.2 Å². The first kappa shape index (κ1) is 20.7. The summed E-state index contributed by atoms with van der Waals surface area (Å²) in [5.74, 6) is -0.891. The fraction of sp³-hybridized carbons (Fsp3) is 0.467. The Bertz CT molecular complexity index is 690. The fourth-order valence-corrected chi connectivity index (χ4v) is 2.51. The normalized spacial score (nSPS) is 11.0. The molecule has 1 aromatic carbocycles. The lowest BCUT2D eigenvalue weighted by atomic mass is 10.3. The van der Waals surface area contributed by atoms with Crippen LogP contribution >= 0.6 is 0 Å². The molecule has 0 aliphatic heterocycles. The van der Waals surface area contributed by atoms with E-state index in [9.17, 15) is 18.0 Å². The van der Waals surface area contributed by atoms with Crippen molar-refractivity contribution in [2.75, 3.05) is 38.6 Å². The number of carbonyl (C=O) groups excluding carboxylic acids is 1. The van der Waals surface area contributed by atoms with Crippen molar-refractivity contribution in [3.8, 4) is 0 Å². The quantitative estimate of drug-likeness (QED) is 0.533. The molecule has 0 fully saturated rings. The Balaban J connectivity index is 2.43. The van der Waals surface area contributed by atoms with E-state index in [2.05, 4.69) is 5.32 Å². The number of aliphatic carboxylic acids is 1. The molecule has 0 aliphatic rings. The van der Waals surface area contributed by atoms with Crippen LogP contribution in [0.15, 0.2) is 29.2 Å². The van der Waals surface area contributed by atoms with Crippen molar-refractivity contribution in [2.24, 2.45) is 5.14 Å². The van der Waals surface area contributed by atoms with Gasteiger partial charge in [-0.2, -0.15) is 0 Å². The van der Waals surface area contributed by atoms with Crippen molar-refractivity contribution in [3.63, 3.8) is 0 Å². The van der Waals surface area contributed by atoms with Gasteiger partial charge in [-0.25, -0.2) is 18.4 Å². The number of anilines is 1. The summed E-state index contributed by atoms with van der Waals surface area (Å²) >= 11 is 0. The molecule has 0 saturated carbocycles. The summed E-state index contributed by atoms with van der Waals surface area (Å²) in [5, 5.41) is 16.2. The van der Waals surface area contributed by atoms with Crippen molar-refractivity contribution in [2.45, 2.75) is 17.7 Å². The molecule has 0 bridgehead atoms. The standard InChI is InChI=1S/C15H24N4O5S/c1-18(12-5-7-13(8-6-12)25(16,23)24)10-11-19(2)15(22)17-9-3-4-14(20)21/h5-8H,3-4,9-11H2,1-2H3,(H,17,22)(H,20,21)(H2,16,23,24). The molecular weight excluding hydrogens is 348 g/mol. The highest BCUT2D eigenvalue weighted by molar-refractivity contribution is 7.89. The summed E-state index contributed by atoms with van der Waals surface area (Å²) in [7, 11) is -0.248. The largest absolute Gasteiger partial charge is 0.481 e. The third-order valence-corrected chi connectivity index (χ3v) is 4.50. The Morgan fingerprint density at radius 3 is 2.28 bits per heavy atom. The Labute approximate surface area is 147 Å². The molecule has 0 atom stereocenters. The molecule has 0 aromatic heterocycles. The number of hydrogen-bond acceptors (Lipinski definition) is 5. The van der Waals surface area contributed by atoms with Crippen LogP contribution in [0.5, 0.6) is 0 Å². The molecular formula is C15H24N4O5S. The second kappa shape index (κ2) is 9.23. The van der Waals surface area contributed by atoms with Gasteiger partial charge in [-0.05, 0) is 30.7 Å². The van der Waals surface area contributed by atoms with Crippen molar-refractivity contribution in [1.29, 1.82) is 0 Å². The lowest BCUT2D eigenvalue weighted by Crippen LogP contribution is -2.41. The van der Waals surface area contributed by atoms with E-state index in [-0.39, 0.29) is 17.3 Å². The second-order valence-electron chi connectivity index (χ2n) is 5.61. The third kappa shape index (κ3) is 7.40. The Morgan fingerprint density at radius 2 is 1.76 bits per heavy atom. The van der Waals surface area contributed by atoms with Crippen molar-refractivity contribution < 1.29 is 23.1 Å². The molecule has 0 unspecified atom stereocenters. The highest BCUT2D eigenvalue weighted by atomic mass is 32.2. The number of nitrogens with one attached hydrogen (secondary N) is 1. The Hall–Kier alpha value is -2.33. The van der Waals surface area contributed by atoms with E-state index in [1.54, 1.807) is 19.2 Å². The Morgan fingerprint density at radius 1 is 1.16 bits per heavy atom. The molecule has 9 nitrogen and oxygen atoms in total. The molecule has 140 valence electrons. The third-order valence-electron chi connectivity index (χ3n) is 3.57. The Kier molecular flexibility index (Phi) is 7.65. The van der Waals surface area contributed by atoms with Gasteiger partial charge in [-0.15, -0.1) is 0 Å². The van der Waals surface area contributed by atoms with Crippen LogP contribution in [0.4, 0.5) is 10.5 Å². The molecule has 2 amide bonds. The first-order chi connectivity index (χ1) is 11.6. The summed E-state index contributed by atoms with van der Waals surface area (Å²) < 4.78 is 22.5. The molecule has 0 heterocycles. The zero-order valence-corrected chi connectivity index (χ0v) is 15.1. The van der Waals surface area contributed by atoms with E-state index in [1.807, 2.05) is 11.9 Å². The van der Waals surface area contributed by atoms with Crippen LogP contribution in [0.3, 0.4) is 0 Å². The molecule has 4 N–H and O–H groups in total. The van der Waals surface area contributed by atoms with Crippen LogP contribution < -0.4 is 15.4 Å². The first-order valence-electron chi connectivity index (χ1n) is 7.66.